The average molecular weight is 161 g/mol. The van der Waals surface area contributed by atoms with Crippen LogP contribution in [0.3, 0.4) is 0 Å². The Balaban J connectivity index is 0. The third-order valence-electron chi connectivity index (χ3n) is 0.425. The van der Waals surface area contributed by atoms with E-state index in [0.29, 0.717) is 0 Å². The third kappa shape index (κ3) is 17.6. The lowest BCUT2D eigenvalue weighted by molar-refractivity contribution is 0.290. The summed E-state index contributed by atoms with van der Waals surface area (Å²) in [6.45, 7) is 2.65. The first-order valence-electron chi connectivity index (χ1n) is 3.06. The second-order valence-electron chi connectivity index (χ2n) is 1.22. The molecule has 0 saturated carbocycles. The van der Waals surface area contributed by atoms with E-state index in [1.807, 2.05) is 6.92 Å². The predicted molar refractivity (Wildman–Crippen MR) is 43.6 cm³/mol. The monoisotopic (exact) mass is 161 g/mol. The van der Waals surface area contributed by atoms with Gasteiger partial charge in [0.15, 0.2) is 0 Å². The van der Waals surface area contributed by atoms with Gasteiger partial charge >= 0.3 is 0 Å². The van der Waals surface area contributed by atoms with Crippen molar-refractivity contribution in [1.29, 1.82) is 0 Å². The van der Waals surface area contributed by atoms with E-state index in [0.717, 1.165) is 6.54 Å². The van der Waals surface area contributed by atoms with Gasteiger partial charge in [-0.15, -0.1) is 0 Å². The molecule has 1 aliphatic rings. The standard InChI is InChI=1S/C4H4O2.C2H7N.H4N2/c1-2-6-4-3-5-1;1-2-3;1-2/h1-4H;2-3H2,1H3;1-2H2. The first-order chi connectivity index (χ1) is 5.41. The summed E-state index contributed by atoms with van der Waals surface area (Å²) in [4.78, 5) is 0. The Bertz CT molecular complexity index is 84.0. The van der Waals surface area contributed by atoms with Crippen LogP contribution in [0.25, 0.3) is 0 Å². The molecule has 0 fully saturated rings. The van der Waals surface area contributed by atoms with Gasteiger partial charge in [-0.1, -0.05) is 6.92 Å². The highest BCUT2D eigenvalue weighted by Crippen LogP contribution is 1.89. The molecule has 0 aromatic carbocycles. The second kappa shape index (κ2) is 16.0. The molecule has 0 bridgehead atoms. The molecule has 0 aliphatic carbocycles. The SMILES string of the molecule is C1=COC=CO1.CCN.NN. The van der Waals surface area contributed by atoms with Gasteiger partial charge in [-0.2, -0.15) is 0 Å². The fourth-order valence-corrected chi connectivity index (χ4v) is 0.219. The van der Waals surface area contributed by atoms with Crippen LogP contribution >= 0.6 is 0 Å². The first-order valence-corrected chi connectivity index (χ1v) is 3.06. The van der Waals surface area contributed by atoms with Crippen molar-refractivity contribution >= 4 is 0 Å². The van der Waals surface area contributed by atoms with Gasteiger partial charge < -0.3 is 15.2 Å². The Labute approximate surface area is 66.4 Å². The van der Waals surface area contributed by atoms with Crippen molar-refractivity contribution in [2.24, 2.45) is 17.4 Å². The third-order valence-corrected chi connectivity index (χ3v) is 0.425. The van der Waals surface area contributed by atoms with Crippen molar-refractivity contribution in [2.75, 3.05) is 6.54 Å². The van der Waals surface area contributed by atoms with E-state index in [1.165, 1.54) is 25.0 Å². The fourth-order valence-electron chi connectivity index (χ4n) is 0.219. The maximum Gasteiger partial charge on any atom is 0.125 e. The molecule has 1 rings (SSSR count). The van der Waals surface area contributed by atoms with Crippen LogP contribution in [0.2, 0.25) is 0 Å². The Hall–Kier alpha value is -1.04. The number of ether oxygens (including phenoxy) is 2. The van der Waals surface area contributed by atoms with Crippen LogP contribution in [0.15, 0.2) is 25.0 Å². The summed E-state index contributed by atoms with van der Waals surface area (Å²) in [5.74, 6) is 8.00. The number of rotatable bonds is 0. The molecule has 0 amide bonds. The van der Waals surface area contributed by atoms with Gasteiger partial charge in [-0.05, 0) is 6.54 Å². The summed E-state index contributed by atoms with van der Waals surface area (Å²) in [7, 11) is 0. The van der Waals surface area contributed by atoms with Gasteiger partial charge in [0, 0.05) is 0 Å². The zero-order chi connectivity index (χ0) is 8.95. The Morgan fingerprint density at radius 3 is 1.27 bits per heavy atom. The topological polar surface area (TPSA) is 96.5 Å². The van der Waals surface area contributed by atoms with E-state index in [1.54, 1.807) is 0 Å². The van der Waals surface area contributed by atoms with E-state index < -0.39 is 0 Å². The van der Waals surface area contributed by atoms with Crippen molar-refractivity contribution < 1.29 is 9.47 Å². The number of hydrogen-bond acceptors (Lipinski definition) is 5. The van der Waals surface area contributed by atoms with Crippen molar-refractivity contribution in [2.45, 2.75) is 6.92 Å². The van der Waals surface area contributed by atoms with Gasteiger partial charge in [-0.3, -0.25) is 11.7 Å². The highest BCUT2D eigenvalue weighted by molar-refractivity contribution is 4.77. The molecule has 0 aromatic rings. The van der Waals surface area contributed by atoms with Crippen LogP contribution in [0.4, 0.5) is 0 Å². The van der Waals surface area contributed by atoms with E-state index in [9.17, 15) is 0 Å². The molecular formula is C6H15N3O2. The first kappa shape index (κ1) is 12.6. The summed E-state index contributed by atoms with van der Waals surface area (Å²) < 4.78 is 9.17. The second-order valence-corrected chi connectivity index (χ2v) is 1.22. The summed E-state index contributed by atoms with van der Waals surface area (Å²) in [5.41, 5.74) is 4.85. The Morgan fingerprint density at radius 1 is 1.00 bits per heavy atom. The minimum Gasteiger partial charge on any atom is -0.466 e. The highest BCUT2D eigenvalue weighted by Gasteiger charge is 1.74. The van der Waals surface area contributed by atoms with E-state index in [-0.39, 0.29) is 0 Å². The maximum atomic E-state index is 4.85. The molecule has 0 spiro atoms. The molecule has 6 N–H and O–H groups in total. The molecule has 0 unspecified atom stereocenters. The minimum absolute atomic E-state index is 0.750. The van der Waals surface area contributed by atoms with Gasteiger partial charge in [-0.25, -0.2) is 0 Å². The van der Waals surface area contributed by atoms with Crippen LogP contribution in [-0.2, 0) is 9.47 Å². The zero-order valence-corrected chi connectivity index (χ0v) is 6.57. The molecular weight excluding hydrogens is 146 g/mol. The molecule has 66 valence electrons. The molecule has 5 nitrogen and oxygen atoms in total. The molecule has 0 radical (unpaired) electrons. The normalized spacial score (nSPS) is 10.9. The lowest BCUT2D eigenvalue weighted by atomic mass is 10.8. The lowest BCUT2D eigenvalue weighted by Gasteiger charge is -1.94. The molecule has 0 aromatic heterocycles. The van der Waals surface area contributed by atoms with Crippen molar-refractivity contribution in [3.05, 3.63) is 25.0 Å². The summed E-state index contributed by atoms with van der Waals surface area (Å²) in [5, 5.41) is 0. The van der Waals surface area contributed by atoms with Gasteiger partial charge in [0.25, 0.3) is 0 Å². The number of nitrogens with two attached hydrogens (primary N) is 3. The van der Waals surface area contributed by atoms with E-state index >= 15 is 0 Å². The Morgan fingerprint density at radius 2 is 1.18 bits per heavy atom. The molecule has 5 heteroatoms. The van der Waals surface area contributed by atoms with Gasteiger partial charge in [0.1, 0.15) is 25.0 Å². The fraction of sp³-hybridized carbons (Fsp3) is 0.333. The quantitative estimate of drug-likeness (QED) is 0.336. The predicted octanol–water partition coefficient (Wildman–Crippen LogP) is -0.241. The van der Waals surface area contributed by atoms with E-state index in [4.69, 9.17) is 5.73 Å². The molecule has 1 aliphatic heterocycles. The van der Waals surface area contributed by atoms with Crippen LogP contribution in [0.1, 0.15) is 6.92 Å². The van der Waals surface area contributed by atoms with Gasteiger partial charge in [0.05, 0.1) is 0 Å². The minimum atomic E-state index is 0.750. The summed E-state index contributed by atoms with van der Waals surface area (Å²) >= 11 is 0. The van der Waals surface area contributed by atoms with Crippen LogP contribution in [0.5, 0.6) is 0 Å². The van der Waals surface area contributed by atoms with Crippen molar-refractivity contribution in [3.8, 4) is 0 Å². The molecule has 0 atom stereocenters. The van der Waals surface area contributed by atoms with Gasteiger partial charge in [0.2, 0.25) is 0 Å². The largest absolute Gasteiger partial charge is 0.466 e. The van der Waals surface area contributed by atoms with Crippen molar-refractivity contribution in [3.63, 3.8) is 0 Å². The lowest BCUT2D eigenvalue weighted by Crippen LogP contribution is -2.02. The summed E-state index contributed by atoms with van der Waals surface area (Å²) in [6, 6.07) is 0. The van der Waals surface area contributed by atoms with Crippen LogP contribution in [0, 0.1) is 0 Å². The maximum absolute atomic E-state index is 4.85. The van der Waals surface area contributed by atoms with Crippen LogP contribution < -0.4 is 17.4 Å². The number of hydrazine groups is 1. The smallest absolute Gasteiger partial charge is 0.125 e. The van der Waals surface area contributed by atoms with Crippen LogP contribution in [-0.4, -0.2) is 6.54 Å². The molecule has 0 saturated heterocycles. The highest BCUT2D eigenvalue weighted by atomic mass is 16.5. The molecule has 1 heterocycles. The average Bonchev–Trinajstić information content (AvgIpc) is 2.12. The van der Waals surface area contributed by atoms with Crippen molar-refractivity contribution in [1.82, 2.24) is 0 Å². The zero-order valence-electron chi connectivity index (χ0n) is 6.57. The number of hydrogen-bond donors (Lipinski definition) is 3. The molecule has 11 heavy (non-hydrogen) atoms. The summed E-state index contributed by atoms with van der Waals surface area (Å²) in [6.07, 6.45) is 5.83. The van der Waals surface area contributed by atoms with E-state index in [2.05, 4.69) is 21.2 Å². The Kier molecular flexibility index (Phi) is 18.3.